The lowest BCUT2D eigenvalue weighted by Gasteiger charge is -2.39. The maximum atomic E-state index is 14.6. The molecule has 1 aliphatic carbocycles. The number of imide groups is 1. The van der Waals surface area contributed by atoms with Crippen LogP contribution in [-0.4, -0.2) is 64.7 Å². The van der Waals surface area contributed by atoms with Gasteiger partial charge < -0.3 is 19.9 Å². The quantitative estimate of drug-likeness (QED) is 0.341. The Kier molecular flexibility index (Phi) is 8.62. The zero-order valence-corrected chi connectivity index (χ0v) is 26.2. The van der Waals surface area contributed by atoms with Gasteiger partial charge in [0.25, 0.3) is 5.91 Å². The summed E-state index contributed by atoms with van der Waals surface area (Å²) in [5, 5.41) is 13.6. The van der Waals surface area contributed by atoms with Gasteiger partial charge in [0.1, 0.15) is 23.3 Å². The number of rotatable bonds is 8. The van der Waals surface area contributed by atoms with E-state index >= 15 is 0 Å². The summed E-state index contributed by atoms with van der Waals surface area (Å²) in [4.78, 5) is 41.3. The molecule has 3 amide bonds. The molecule has 231 valence electrons. The number of piperidine rings is 2. The van der Waals surface area contributed by atoms with Crippen LogP contribution in [0.3, 0.4) is 0 Å². The lowest BCUT2D eigenvalue weighted by atomic mass is 9.85. The molecule has 2 N–H and O–H groups in total. The van der Waals surface area contributed by atoms with Gasteiger partial charge in [0.2, 0.25) is 11.8 Å². The number of carbonyl (C=O) groups excluding carboxylic acids is 3. The highest BCUT2D eigenvalue weighted by Gasteiger charge is 2.50. The van der Waals surface area contributed by atoms with Crippen LogP contribution in [0.25, 0.3) is 0 Å². The average molecular weight is 625 g/mol. The summed E-state index contributed by atoms with van der Waals surface area (Å²) in [7, 11) is 5.51. The van der Waals surface area contributed by atoms with Crippen molar-refractivity contribution < 1.29 is 23.5 Å². The van der Waals surface area contributed by atoms with Gasteiger partial charge in [0.05, 0.1) is 34.1 Å². The molecule has 0 saturated carbocycles. The monoisotopic (exact) mass is 624 g/mol. The van der Waals surface area contributed by atoms with E-state index in [1.165, 1.54) is 16.5 Å². The molecule has 3 aliphatic heterocycles. The van der Waals surface area contributed by atoms with Crippen LogP contribution in [0.1, 0.15) is 61.3 Å². The Labute approximate surface area is 265 Å². The van der Waals surface area contributed by atoms with Crippen molar-refractivity contribution in [3.8, 4) is 6.07 Å². The van der Waals surface area contributed by atoms with E-state index in [1.807, 2.05) is 19.2 Å². The van der Waals surface area contributed by atoms with E-state index in [2.05, 4.69) is 50.0 Å². The predicted molar refractivity (Wildman–Crippen MR) is 166 cm³/mol. The SMILES string of the molecule is CNC(c1ccc(COC2=C3CN([C@]4([Si])CCC(=O)NC4=O)C(=O)C3=CCC2)cc1)C1CCN(c2ccc(C#N)cc2F)CC1. The summed E-state index contributed by atoms with van der Waals surface area (Å²) in [6, 6.07) is 15.2. The Morgan fingerprint density at radius 2 is 1.91 bits per heavy atom. The number of hydrogen-bond acceptors (Lipinski definition) is 7. The highest BCUT2D eigenvalue weighted by molar-refractivity contribution is 6.32. The van der Waals surface area contributed by atoms with Crippen molar-refractivity contribution in [2.45, 2.75) is 56.3 Å². The first kappa shape index (κ1) is 30.7. The summed E-state index contributed by atoms with van der Waals surface area (Å²) in [6.45, 7) is 2.08. The van der Waals surface area contributed by atoms with E-state index in [0.717, 1.165) is 42.8 Å². The molecule has 45 heavy (non-hydrogen) atoms. The normalized spacial score (nSPS) is 23.0. The number of nitrogens with one attached hydrogen (secondary N) is 2. The van der Waals surface area contributed by atoms with Crippen molar-refractivity contribution in [3.63, 3.8) is 0 Å². The van der Waals surface area contributed by atoms with Crippen molar-refractivity contribution in [2.75, 3.05) is 31.6 Å². The third-order valence-electron chi connectivity index (χ3n) is 9.47. The highest BCUT2D eigenvalue weighted by atomic mass is 28.1. The second-order valence-corrected chi connectivity index (χ2v) is 12.9. The fourth-order valence-electron chi connectivity index (χ4n) is 6.94. The van der Waals surface area contributed by atoms with Gasteiger partial charge in [-0.3, -0.25) is 19.7 Å². The van der Waals surface area contributed by atoms with Gasteiger partial charge in [-0.2, -0.15) is 5.26 Å². The van der Waals surface area contributed by atoms with Crippen molar-refractivity contribution in [1.82, 2.24) is 15.5 Å². The maximum absolute atomic E-state index is 14.6. The number of allylic oxidation sites excluding steroid dienone is 2. The first-order valence-corrected chi connectivity index (χ1v) is 15.9. The molecule has 3 saturated heterocycles. The van der Waals surface area contributed by atoms with E-state index in [-0.39, 0.29) is 43.1 Å². The van der Waals surface area contributed by atoms with Crippen LogP contribution in [0.2, 0.25) is 0 Å². The maximum Gasteiger partial charge on any atom is 0.254 e. The number of ether oxygens (including phenoxy) is 1. The third kappa shape index (κ3) is 5.92. The highest BCUT2D eigenvalue weighted by Crippen LogP contribution is 2.39. The fourth-order valence-corrected chi connectivity index (χ4v) is 7.30. The van der Waals surface area contributed by atoms with E-state index < -0.39 is 11.1 Å². The van der Waals surface area contributed by atoms with Gasteiger partial charge in [-0.25, -0.2) is 4.39 Å². The van der Waals surface area contributed by atoms with Gasteiger partial charge >= 0.3 is 0 Å². The molecule has 2 aromatic carbocycles. The van der Waals surface area contributed by atoms with Crippen LogP contribution in [0.15, 0.2) is 65.4 Å². The molecule has 1 unspecified atom stereocenters. The van der Waals surface area contributed by atoms with Gasteiger partial charge in [-0.15, -0.1) is 0 Å². The molecule has 4 aliphatic rings. The Bertz CT molecular complexity index is 1630. The first-order valence-electron chi connectivity index (χ1n) is 15.4. The molecule has 11 heteroatoms. The molecular formula is C34H35FN5O4Si. The second-order valence-electron chi connectivity index (χ2n) is 12.1. The molecule has 6 rings (SSSR count). The van der Waals surface area contributed by atoms with Crippen molar-refractivity contribution >= 4 is 33.7 Å². The van der Waals surface area contributed by atoms with Crippen molar-refractivity contribution in [3.05, 3.63) is 88.0 Å². The first-order chi connectivity index (χ1) is 21.7. The van der Waals surface area contributed by atoms with E-state index in [0.29, 0.717) is 42.2 Å². The standard InChI is InChI=1S/C34H35FN5O4Si/c1-37-31(24-12-15-39(16-13-24)28-10-7-22(18-36)17-27(28)35)23-8-5-21(6-9-23)20-44-29-4-2-3-25-26(29)19-40(32(25)42)34(45)14-11-30(41)38-33(34)43/h3,5-10,17,24,31,37H,2,4,11-16,19-20H2,1H3,(H,38,41,43)/t31?,34-/m0/s1. The summed E-state index contributed by atoms with van der Waals surface area (Å²) in [6.07, 6.45) is 5.44. The molecule has 2 aromatic rings. The molecule has 0 spiro atoms. The van der Waals surface area contributed by atoms with Crippen LogP contribution >= 0.6 is 0 Å². The molecule has 2 atom stereocenters. The van der Waals surface area contributed by atoms with Crippen LogP contribution in [0, 0.1) is 23.1 Å². The predicted octanol–water partition coefficient (Wildman–Crippen LogP) is 3.51. The number of benzene rings is 2. The van der Waals surface area contributed by atoms with Crippen molar-refractivity contribution in [1.29, 1.82) is 5.26 Å². The largest absolute Gasteiger partial charge is 0.493 e. The molecule has 0 bridgehead atoms. The van der Waals surface area contributed by atoms with Crippen LogP contribution < -0.4 is 15.5 Å². The van der Waals surface area contributed by atoms with Crippen LogP contribution in [0.5, 0.6) is 0 Å². The van der Waals surface area contributed by atoms with Crippen LogP contribution in [-0.2, 0) is 25.7 Å². The van der Waals surface area contributed by atoms with E-state index in [9.17, 15) is 18.8 Å². The number of nitrogens with zero attached hydrogens (tertiary/aromatic N) is 3. The van der Waals surface area contributed by atoms with Gasteiger partial charge in [0.15, 0.2) is 0 Å². The van der Waals surface area contributed by atoms with Gasteiger partial charge in [-0.05, 0) is 68.0 Å². The number of hydrogen-bond donors (Lipinski definition) is 2. The lowest BCUT2D eigenvalue weighted by Crippen LogP contribution is -2.63. The molecule has 9 nitrogen and oxygen atoms in total. The number of likely N-dealkylation sites (tertiary alicyclic amines) is 1. The van der Waals surface area contributed by atoms with Crippen molar-refractivity contribution in [2.24, 2.45) is 5.92 Å². The second kappa shape index (κ2) is 12.6. The van der Waals surface area contributed by atoms with E-state index in [4.69, 9.17) is 10.00 Å². The number of amides is 3. The Hall–Kier alpha value is -4.27. The minimum atomic E-state index is -1.27. The molecule has 3 heterocycles. The number of carbonyl (C=O) groups is 3. The number of fused-ring (bicyclic) bond motifs is 1. The number of nitriles is 1. The molecular weight excluding hydrogens is 589 g/mol. The minimum Gasteiger partial charge on any atom is -0.493 e. The summed E-state index contributed by atoms with van der Waals surface area (Å²) >= 11 is 0. The average Bonchev–Trinajstić information content (AvgIpc) is 3.40. The Balaban J connectivity index is 1.08. The summed E-state index contributed by atoms with van der Waals surface area (Å²) in [5.41, 5.74) is 4.42. The topological polar surface area (TPSA) is 115 Å². The third-order valence-corrected chi connectivity index (χ3v) is 10.2. The zero-order chi connectivity index (χ0) is 31.7. The smallest absolute Gasteiger partial charge is 0.254 e. The minimum absolute atomic E-state index is 0.155. The number of anilines is 1. The molecule has 0 aromatic heterocycles. The Morgan fingerprint density at radius 1 is 1.16 bits per heavy atom. The number of halogens is 1. The molecule has 3 radical (unpaired) electrons. The fraction of sp³-hybridized carbons (Fsp3) is 0.412. The van der Waals surface area contributed by atoms with Gasteiger partial charge in [-0.1, -0.05) is 30.3 Å². The summed E-state index contributed by atoms with van der Waals surface area (Å²) in [5.74, 6) is -0.301. The lowest BCUT2D eigenvalue weighted by molar-refractivity contribution is -0.145. The summed E-state index contributed by atoms with van der Waals surface area (Å²) < 4.78 is 20.9. The van der Waals surface area contributed by atoms with E-state index in [1.54, 1.807) is 12.1 Å². The van der Waals surface area contributed by atoms with Crippen LogP contribution in [0.4, 0.5) is 10.1 Å². The van der Waals surface area contributed by atoms with Gasteiger partial charge in [0, 0.05) is 43.1 Å². The zero-order valence-electron chi connectivity index (χ0n) is 25.2. The molecule has 3 fully saturated rings. The Morgan fingerprint density at radius 3 is 2.58 bits per heavy atom.